The zero-order valence-corrected chi connectivity index (χ0v) is 12.0. The van der Waals surface area contributed by atoms with E-state index in [1.165, 1.54) is 44.9 Å². The molecule has 0 aromatic carbocycles. The third-order valence-corrected chi connectivity index (χ3v) is 4.95. The Hall–Kier alpha value is -0.0800. The number of nitrogens with one attached hydrogen (secondary N) is 1. The summed E-state index contributed by atoms with van der Waals surface area (Å²) >= 11 is 0. The highest BCUT2D eigenvalue weighted by molar-refractivity contribution is 4.79. The lowest BCUT2D eigenvalue weighted by Crippen LogP contribution is -2.40. The van der Waals surface area contributed by atoms with Crippen LogP contribution in [0.3, 0.4) is 0 Å². The standard InChI is InChI=1S/C16H31NO/c1-13(7-8-14-5-3-2-4-6-14)17-15-9-11-16(18)12-10-15/h13-18H,2-12H2,1H3. The SMILES string of the molecule is CC(CCC1CCCCC1)NC1CCC(O)CC1. The average Bonchev–Trinajstić information content (AvgIpc) is 2.40. The molecule has 1 atom stereocenters. The molecule has 2 fully saturated rings. The average molecular weight is 253 g/mol. The van der Waals surface area contributed by atoms with Gasteiger partial charge in [0.2, 0.25) is 0 Å². The molecule has 106 valence electrons. The fraction of sp³-hybridized carbons (Fsp3) is 1.00. The smallest absolute Gasteiger partial charge is 0.0541 e. The molecule has 0 amide bonds. The summed E-state index contributed by atoms with van der Waals surface area (Å²) in [5.74, 6) is 1.01. The normalized spacial score (nSPS) is 32.3. The number of rotatable bonds is 5. The fourth-order valence-electron chi connectivity index (χ4n) is 3.69. The number of aliphatic hydroxyl groups excluding tert-OH is 1. The van der Waals surface area contributed by atoms with Crippen molar-refractivity contribution < 1.29 is 5.11 Å². The van der Waals surface area contributed by atoms with Crippen molar-refractivity contribution in [2.24, 2.45) is 5.92 Å². The van der Waals surface area contributed by atoms with E-state index >= 15 is 0 Å². The Morgan fingerprint density at radius 3 is 2.33 bits per heavy atom. The van der Waals surface area contributed by atoms with Gasteiger partial charge in [0.25, 0.3) is 0 Å². The Balaban J connectivity index is 1.58. The molecule has 18 heavy (non-hydrogen) atoms. The maximum atomic E-state index is 9.51. The van der Waals surface area contributed by atoms with Crippen molar-refractivity contribution in [3.05, 3.63) is 0 Å². The molecule has 0 bridgehead atoms. The predicted octanol–water partition coefficient (Wildman–Crippen LogP) is 3.63. The molecule has 0 radical (unpaired) electrons. The topological polar surface area (TPSA) is 32.3 Å². The van der Waals surface area contributed by atoms with Crippen molar-refractivity contribution >= 4 is 0 Å². The molecule has 0 saturated heterocycles. The van der Waals surface area contributed by atoms with E-state index in [4.69, 9.17) is 0 Å². The van der Waals surface area contributed by atoms with E-state index in [1.54, 1.807) is 0 Å². The molecule has 2 rings (SSSR count). The van der Waals surface area contributed by atoms with Crippen molar-refractivity contribution in [1.82, 2.24) is 5.32 Å². The lowest BCUT2D eigenvalue weighted by Gasteiger charge is -2.30. The molecule has 2 aliphatic rings. The molecule has 0 spiro atoms. The number of hydrogen-bond donors (Lipinski definition) is 2. The van der Waals surface area contributed by atoms with Gasteiger partial charge in [0.15, 0.2) is 0 Å². The molecule has 0 aliphatic heterocycles. The van der Waals surface area contributed by atoms with Gasteiger partial charge in [0.1, 0.15) is 0 Å². The summed E-state index contributed by atoms with van der Waals surface area (Å²) in [5.41, 5.74) is 0. The third kappa shape index (κ3) is 4.89. The number of hydrogen-bond acceptors (Lipinski definition) is 2. The van der Waals surface area contributed by atoms with Gasteiger partial charge in [-0.3, -0.25) is 0 Å². The van der Waals surface area contributed by atoms with Gasteiger partial charge in [-0.15, -0.1) is 0 Å². The quantitative estimate of drug-likeness (QED) is 0.784. The molecule has 2 heteroatoms. The molecule has 1 unspecified atom stereocenters. The van der Waals surface area contributed by atoms with Crippen LogP contribution in [-0.2, 0) is 0 Å². The number of aliphatic hydroxyl groups is 1. The van der Waals surface area contributed by atoms with Gasteiger partial charge in [0, 0.05) is 12.1 Å². The lowest BCUT2D eigenvalue weighted by atomic mass is 9.85. The summed E-state index contributed by atoms with van der Waals surface area (Å²) in [6.45, 7) is 2.34. The van der Waals surface area contributed by atoms with Crippen LogP contribution in [0.1, 0.15) is 77.6 Å². The Morgan fingerprint density at radius 2 is 1.67 bits per heavy atom. The first-order valence-electron chi connectivity index (χ1n) is 8.18. The molecule has 0 aromatic rings. The van der Waals surface area contributed by atoms with Crippen LogP contribution in [0.4, 0.5) is 0 Å². The highest BCUT2D eigenvalue weighted by Gasteiger charge is 2.21. The maximum absolute atomic E-state index is 9.51. The largest absolute Gasteiger partial charge is 0.393 e. The van der Waals surface area contributed by atoms with E-state index in [1.807, 2.05) is 0 Å². The monoisotopic (exact) mass is 253 g/mol. The second-order valence-corrected chi connectivity index (χ2v) is 6.65. The summed E-state index contributed by atoms with van der Waals surface area (Å²) in [6, 6.07) is 1.32. The minimum absolute atomic E-state index is 0.0272. The van der Waals surface area contributed by atoms with E-state index in [9.17, 15) is 5.11 Å². The van der Waals surface area contributed by atoms with Crippen molar-refractivity contribution in [3.63, 3.8) is 0 Å². The second-order valence-electron chi connectivity index (χ2n) is 6.65. The molecule has 0 aromatic heterocycles. The highest BCUT2D eigenvalue weighted by atomic mass is 16.3. The van der Waals surface area contributed by atoms with Gasteiger partial charge in [0.05, 0.1) is 6.10 Å². The van der Waals surface area contributed by atoms with Crippen molar-refractivity contribution in [1.29, 1.82) is 0 Å². The minimum atomic E-state index is -0.0272. The summed E-state index contributed by atoms with van der Waals surface area (Å²) in [6.07, 6.45) is 14.4. The van der Waals surface area contributed by atoms with E-state index in [-0.39, 0.29) is 6.10 Å². The van der Waals surface area contributed by atoms with Gasteiger partial charge in [-0.25, -0.2) is 0 Å². The third-order valence-electron chi connectivity index (χ3n) is 4.95. The minimum Gasteiger partial charge on any atom is -0.393 e. The molecule has 2 N–H and O–H groups in total. The summed E-state index contributed by atoms with van der Waals surface area (Å²) in [5, 5.41) is 13.3. The van der Waals surface area contributed by atoms with Crippen molar-refractivity contribution in [2.45, 2.75) is 95.7 Å². The highest BCUT2D eigenvalue weighted by Crippen LogP contribution is 2.28. The van der Waals surface area contributed by atoms with Gasteiger partial charge in [-0.05, 0) is 51.4 Å². The van der Waals surface area contributed by atoms with E-state index in [0.717, 1.165) is 31.6 Å². The van der Waals surface area contributed by atoms with Crippen LogP contribution < -0.4 is 5.32 Å². The predicted molar refractivity (Wildman–Crippen MR) is 76.7 cm³/mol. The van der Waals surface area contributed by atoms with Crippen LogP contribution in [0.2, 0.25) is 0 Å². The molecular weight excluding hydrogens is 222 g/mol. The lowest BCUT2D eigenvalue weighted by molar-refractivity contribution is 0.114. The molecule has 2 saturated carbocycles. The Morgan fingerprint density at radius 1 is 1.00 bits per heavy atom. The summed E-state index contributed by atoms with van der Waals surface area (Å²) in [4.78, 5) is 0. The van der Waals surface area contributed by atoms with E-state index in [0.29, 0.717) is 12.1 Å². The van der Waals surface area contributed by atoms with E-state index < -0.39 is 0 Å². The zero-order chi connectivity index (χ0) is 12.8. The molecular formula is C16H31NO. The van der Waals surface area contributed by atoms with Crippen molar-refractivity contribution in [2.75, 3.05) is 0 Å². The van der Waals surface area contributed by atoms with Gasteiger partial charge < -0.3 is 10.4 Å². The second kappa shape index (κ2) is 7.49. The first-order chi connectivity index (χ1) is 8.74. The Labute approximate surface area is 113 Å². The van der Waals surface area contributed by atoms with Crippen LogP contribution in [0.25, 0.3) is 0 Å². The van der Waals surface area contributed by atoms with E-state index in [2.05, 4.69) is 12.2 Å². The van der Waals surface area contributed by atoms with Gasteiger partial charge in [-0.2, -0.15) is 0 Å². The van der Waals surface area contributed by atoms with Crippen LogP contribution >= 0.6 is 0 Å². The summed E-state index contributed by atoms with van der Waals surface area (Å²) in [7, 11) is 0. The molecule has 2 aliphatic carbocycles. The van der Waals surface area contributed by atoms with Crippen LogP contribution in [0.5, 0.6) is 0 Å². The Bertz CT molecular complexity index is 217. The molecule has 0 heterocycles. The molecule has 2 nitrogen and oxygen atoms in total. The summed E-state index contributed by atoms with van der Waals surface area (Å²) < 4.78 is 0. The van der Waals surface area contributed by atoms with Crippen molar-refractivity contribution in [3.8, 4) is 0 Å². The van der Waals surface area contributed by atoms with Crippen LogP contribution in [0, 0.1) is 5.92 Å². The van der Waals surface area contributed by atoms with Crippen LogP contribution in [0.15, 0.2) is 0 Å². The fourth-order valence-corrected chi connectivity index (χ4v) is 3.69. The van der Waals surface area contributed by atoms with Gasteiger partial charge in [-0.1, -0.05) is 32.1 Å². The zero-order valence-electron chi connectivity index (χ0n) is 12.0. The first-order valence-corrected chi connectivity index (χ1v) is 8.18. The van der Waals surface area contributed by atoms with Crippen LogP contribution in [-0.4, -0.2) is 23.3 Å². The maximum Gasteiger partial charge on any atom is 0.0541 e. The van der Waals surface area contributed by atoms with Gasteiger partial charge >= 0.3 is 0 Å². The first kappa shape index (κ1) is 14.3. The Kier molecular flexibility index (Phi) is 5.97.